The molecule has 154 valence electrons. The second-order valence-electron chi connectivity index (χ2n) is 7.31. The van der Waals surface area contributed by atoms with E-state index in [9.17, 15) is 9.90 Å². The van der Waals surface area contributed by atoms with Gasteiger partial charge in [0.05, 0.1) is 0 Å². The molecule has 1 aromatic carbocycles. The van der Waals surface area contributed by atoms with Crippen molar-refractivity contribution in [3.63, 3.8) is 0 Å². The smallest absolute Gasteiger partial charge is 0.293 e. The summed E-state index contributed by atoms with van der Waals surface area (Å²) < 4.78 is 5.60. The number of nitrogens with zero attached hydrogens (tertiary/aromatic N) is 2. The van der Waals surface area contributed by atoms with Crippen molar-refractivity contribution in [2.24, 2.45) is 0 Å². The van der Waals surface area contributed by atoms with Gasteiger partial charge in [-0.05, 0) is 37.8 Å². The van der Waals surface area contributed by atoms with Gasteiger partial charge in [-0.2, -0.15) is 0 Å². The largest absolute Gasteiger partial charge is 0.502 e. The van der Waals surface area contributed by atoms with Crippen molar-refractivity contribution in [3.05, 3.63) is 75.5 Å². The number of hydrogen-bond donors (Lipinski definition) is 2. The topological polar surface area (TPSA) is 78.5 Å². The minimum Gasteiger partial charge on any atom is -0.502 e. The van der Waals surface area contributed by atoms with Crippen LogP contribution in [0.15, 0.2) is 52.9 Å². The Morgan fingerprint density at radius 3 is 2.62 bits per heavy atom. The molecule has 6 nitrogen and oxygen atoms in total. The molecule has 1 atom stereocenters. The van der Waals surface area contributed by atoms with Gasteiger partial charge in [-0.25, -0.2) is 4.98 Å². The van der Waals surface area contributed by atoms with E-state index in [1.54, 1.807) is 7.11 Å². The number of aromatic amines is 1. The molecule has 0 spiro atoms. The first-order valence-electron chi connectivity index (χ1n) is 10.0. The van der Waals surface area contributed by atoms with Crippen molar-refractivity contribution in [3.8, 4) is 5.75 Å². The Morgan fingerprint density at radius 2 is 2.00 bits per heavy atom. The summed E-state index contributed by atoms with van der Waals surface area (Å²) in [5.41, 5.74) is 3.02. The van der Waals surface area contributed by atoms with Crippen LogP contribution in [0.5, 0.6) is 5.75 Å². The quantitative estimate of drug-likeness (QED) is 0.697. The number of nitrogens with one attached hydrogen (secondary N) is 1. The van der Waals surface area contributed by atoms with Crippen LogP contribution in [0.4, 0.5) is 0 Å². The van der Waals surface area contributed by atoms with E-state index in [1.807, 2.05) is 38.1 Å². The Labute approximate surface area is 171 Å². The summed E-state index contributed by atoms with van der Waals surface area (Å²) >= 11 is 0. The second-order valence-corrected chi connectivity index (χ2v) is 7.31. The third-order valence-electron chi connectivity index (χ3n) is 5.21. The molecule has 0 radical (unpaired) electrons. The van der Waals surface area contributed by atoms with Crippen molar-refractivity contribution in [2.75, 3.05) is 20.2 Å². The standard InChI is InChI=1S/C23H29N3O3/c1-4-10-18(17-11-6-5-7-12-17)16(2)15-19-24-20(21(27)22(28)25-19)23(29-3)26-13-8-9-14-26/h4-7,10-12,23,27H,8-9,13-15H2,1-3H3,(H,24,25,28)/b10-4?,18-16-. The number of aromatic hydroxyl groups is 1. The van der Waals surface area contributed by atoms with E-state index < -0.39 is 11.8 Å². The maximum atomic E-state index is 12.4. The highest BCUT2D eigenvalue weighted by atomic mass is 16.5. The van der Waals surface area contributed by atoms with Crippen LogP contribution in [0.2, 0.25) is 0 Å². The van der Waals surface area contributed by atoms with E-state index in [0.717, 1.165) is 42.6 Å². The lowest BCUT2D eigenvalue weighted by Gasteiger charge is -2.26. The monoisotopic (exact) mass is 395 g/mol. The van der Waals surface area contributed by atoms with Gasteiger partial charge < -0.3 is 14.8 Å². The molecule has 2 heterocycles. The summed E-state index contributed by atoms with van der Waals surface area (Å²) in [5.74, 6) is 0.144. The molecular weight excluding hydrogens is 366 g/mol. The van der Waals surface area contributed by atoms with Crippen molar-refractivity contribution in [1.29, 1.82) is 0 Å². The van der Waals surface area contributed by atoms with Crippen LogP contribution in [0.25, 0.3) is 5.57 Å². The fourth-order valence-electron chi connectivity index (χ4n) is 3.81. The molecule has 2 N–H and O–H groups in total. The summed E-state index contributed by atoms with van der Waals surface area (Å²) in [6.45, 7) is 5.73. The third-order valence-corrected chi connectivity index (χ3v) is 5.21. The molecule has 29 heavy (non-hydrogen) atoms. The predicted molar refractivity (Wildman–Crippen MR) is 115 cm³/mol. The first-order valence-corrected chi connectivity index (χ1v) is 10.0. The minimum atomic E-state index is -0.536. The molecule has 1 saturated heterocycles. The van der Waals surface area contributed by atoms with E-state index in [0.29, 0.717) is 12.2 Å². The normalized spacial score (nSPS) is 16.9. The van der Waals surface area contributed by atoms with Crippen molar-refractivity contribution < 1.29 is 9.84 Å². The van der Waals surface area contributed by atoms with Gasteiger partial charge in [0.25, 0.3) is 5.56 Å². The Balaban J connectivity index is 1.98. The highest BCUT2D eigenvalue weighted by Crippen LogP contribution is 2.29. The number of hydrogen-bond acceptors (Lipinski definition) is 5. The number of rotatable bonds is 7. The van der Waals surface area contributed by atoms with Crippen molar-refractivity contribution in [2.45, 2.75) is 39.3 Å². The molecule has 1 unspecified atom stereocenters. The first-order chi connectivity index (χ1) is 14.0. The minimum absolute atomic E-state index is 0.285. The van der Waals surface area contributed by atoms with Crippen LogP contribution in [-0.4, -0.2) is 40.2 Å². The third kappa shape index (κ3) is 4.83. The molecule has 1 fully saturated rings. The first kappa shape index (κ1) is 21.0. The second kappa shape index (κ2) is 9.67. The average molecular weight is 396 g/mol. The van der Waals surface area contributed by atoms with Crippen molar-refractivity contribution >= 4 is 5.57 Å². The highest BCUT2D eigenvalue weighted by molar-refractivity contribution is 5.76. The number of aromatic nitrogens is 2. The average Bonchev–Trinajstić information content (AvgIpc) is 3.25. The zero-order chi connectivity index (χ0) is 20.8. The zero-order valence-electron chi connectivity index (χ0n) is 17.3. The van der Waals surface area contributed by atoms with Crippen molar-refractivity contribution in [1.82, 2.24) is 14.9 Å². The molecule has 3 rings (SSSR count). The molecule has 0 bridgehead atoms. The zero-order valence-corrected chi connectivity index (χ0v) is 17.3. The van der Waals surface area contributed by atoms with Crippen LogP contribution in [0, 0.1) is 0 Å². The van der Waals surface area contributed by atoms with E-state index >= 15 is 0 Å². The Hall–Kier alpha value is -2.70. The number of allylic oxidation sites excluding steroid dienone is 4. The lowest BCUT2D eigenvalue weighted by atomic mass is 9.98. The molecule has 1 aromatic heterocycles. The van der Waals surface area contributed by atoms with E-state index in [-0.39, 0.29) is 11.4 Å². The summed E-state index contributed by atoms with van der Waals surface area (Å²) in [6, 6.07) is 10.1. The predicted octanol–water partition coefficient (Wildman–Crippen LogP) is 3.81. The van der Waals surface area contributed by atoms with E-state index in [1.165, 1.54) is 0 Å². The fraction of sp³-hybridized carbons (Fsp3) is 0.391. The molecule has 0 amide bonds. The Morgan fingerprint density at radius 1 is 1.31 bits per heavy atom. The molecule has 1 aliphatic heterocycles. The molecule has 1 aliphatic rings. The van der Waals surface area contributed by atoms with Gasteiger partial charge in [-0.1, -0.05) is 48.1 Å². The summed E-state index contributed by atoms with van der Waals surface area (Å²) in [5, 5.41) is 10.4. The molecule has 0 saturated carbocycles. The van der Waals surface area contributed by atoms with Gasteiger partial charge in [-0.3, -0.25) is 9.69 Å². The van der Waals surface area contributed by atoms with Gasteiger partial charge in [0.2, 0.25) is 5.75 Å². The Kier molecular flexibility index (Phi) is 7.01. The molecule has 0 aliphatic carbocycles. The number of methoxy groups -OCH3 is 1. The van der Waals surface area contributed by atoms with Crippen LogP contribution >= 0.6 is 0 Å². The van der Waals surface area contributed by atoms with Gasteiger partial charge in [-0.15, -0.1) is 0 Å². The van der Waals surface area contributed by atoms with Crippen LogP contribution in [0.1, 0.15) is 50.0 Å². The van der Waals surface area contributed by atoms with E-state index in [4.69, 9.17) is 4.74 Å². The number of ether oxygens (including phenoxy) is 1. The van der Waals surface area contributed by atoms with E-state index in [2.05, 4.69) is 33.1 Å². The Bertz CT molecular complexity index is 942. The molecule has 6 heteroatoms. The van der Waals surface area contributed by atoms with Gasteiger partial charge in [0, 0.05) is 26.6 Å². The van der Waals surface area contributed by atoms with Crippen LogP contribution in [0.3, 0.4) is 0 Å². The lowest BCUT2D eigenvalue weighted by molar-refractivity contribution is -0.0264. The van der Waals surface area contributed by atoms with Gasteiger partial charge >= 0.3 is 0 Å². The summed E-state index contributed by atoms with van der Waals surface area (Å²) in [4.78, 5) is 21.8. The fourth-order valence-corrected chi connectivity index (χ4v) is 3.81. The summed E-state index contributed by atoms with van der Waals surface area (Å²) in [6.07, 6.45) is 6.15. The summed E-state index contributed by atoms with van der Waals surface area (Å²) in [7, 11) is 1.58. The molecule has 2 aromatic rings. The van der Waals surface area contributed by atoms with Gasteiger partial charge in [0.15, 0.2) is 6.23 Å². The number of H-pyrrole nitrogens is 1. The number of benzene rings is 1. The number of likely N-dealkylation sites (tertiary alicyclic amines) is 1. The SMILES string of the molecule is CC=C/C(=C(\C)Cc1nc(C(OC)N2CCCC2)c(O)c(=O)[nH]1)c1ccccc1. The maximum Gasteiger partial charge on any atom is 0.293 e. The molecular formula is C23H29N3O3. The van der Waals surface area contributed by atoms with Crippen LogP contribution in [-0.2, 0) is 11.2 Å². The van der Waals surface area contributed by atoms with Crippen LogP contribution < -0.4 is 5.56 Å². The van der Waals surface area contributed by atoms with Gasteiger partial charge in [0.1, 0.15) is 11.5 Å². The highest BCUT2D eigenvalue weighted by Gasteiger charge is 2.28. The lowest BCUT2D eigenvalue weighted by Crippen LogP contribution is -2.30. The maximum absolute atomic E-state index is 12.4.